The summed E-state index contributed by atoms with van der Waals surface area (Å²) in [5.74, 6) is 0.938. The highest BCUT2D eigenvalue weighted by atomic mass is 32.1. The normalized spacial score (nSPS) is 10.6. The van der Waals surface area contributed by atoms with Crippen LogP contribution in [-0.2, 0) is 4.79 Å². The Morgan fingerprint density at radius 1 is 0.964 bits per heavy atom. The lowest BCUT2D eigenvalue weighted by atomic mass is 10.3. The van der Waals surface area contributed by atoms with Gasteiger partial charge in [-0.3, -0.25) is 10.1 Å². The molecule has 1 heterocycles. The first-order chi connectivity index (χ1) is 13.7. The van der Waals surface area contributed by atoms with Crippen molar-refractivity contribution in [1.29, 1.82) is 0 Å². The number of benzene rings is 3. The molecular formula is C21H15FN2O3S. The van der Waals surface area contributed by atoms with E-state index in [0.717, 1.165) is 16.0 Å². The van der Waals surface area contributed by atoms with Crippen LogP contribution in [0.25, 0.3) is 10.2 Å². The molecule has 0 saturated heterocycles. The van der Waals surface area contributed by atoms with Crippen LogP contribution in [0.3, 0.4) is 0 Å². The second kappa shape index (κ2) is 8.06. The van der Waals surface area contributed by atoms with Crippen molar-refractivity contribution >= 4 is 32.6 Å². The Hall–Kier alpha value is -3.45. The second-order valence-electron chi connectivity index (χ2n) is 5.86. The number of anilines is 1. The number of hydrogen-bond donors (Lipinski definition) is 1. The summed E-state index contributed by atoms with van der Waals surface area (Å²) in [6.45, 7) is -0.234. The van der Waals surface area contributed by atoms with Crippen molar-refractivity contribution in [2.75, 3.05) is 11.9 Å². The lowest BCUT2D eigenvalue weighted by molar-refractivity contribution is -0.118. The summed E-state index contributed by atoms with van der Waals surface area (Å²) < 4.78 is 25.1. The summed E-state index contributed by atoms with van der Waals surface area (Å²) in [7, 11) is 0. The summed E-state index contributed by atoms with van der Waals surface area (Å²) in [6.07, 6.45) is 0. The molecule has 0 saturated carbocycles. The number of aromatic nitrogens is 1. The molecule has 1 N–H and O–H groups in total. The number of hydrogen-bond acceptors (Lipinski definition) is 5. The Kier molecular flexibility index (Phi) is 5.16. The van der Waals surface area contributed by atoms with E-state index < -0.39 is 5.82 Å². The number of rotatable bonds is 6. The lowest BCUT2D eigenvalue weighted by Crippen LogP contribution is -2.20. The van der Waals surface area contributed by atoms with Gasteiger partial charge in [0.05, 0.1) is 10.2 Å². The van der Waals surface area contributed by atoms with Crippen molar-refractivity contribution in [3.8, 4) is 17.2 Å². The third kappa shape index (κ3) is 4.44. The molecule has 0 unspecified atom stereocenters. The third-order valence-electron chi connectivity index (χ3n) is 3.75. The number of carbonyl (C=O) groups excluding carboxylic acids is 1. The van der Waals surface area contributed by atoms with Crippen LogP contribution >= 0.6 is 11.3 Å². The molecule has 4 aromatic rings. The van der Waals surface area contributed by atoms with E-state index in [1.165, 1.54) is 29.5 Å². The van der Waals surface area contributed by atoms with Gasteiger partial charge in [-0.25, -0.2) is 9.37 Å². The van der Waals surface area contributed by atoms with Gasteiger partial charge in [0, 0.05) is 12.1 Å². The van der Waals surface area contributed by atoms with Crippen LogP contribution in [0.2, 0.25) is 0 Å². The van der Waals surface area contributed by atoms with E-state index >= 15 is 0 Å². The Bertz CT molecular complexity index is 1120. The zero-order chi connectivity index (χ0) is 19.3. The highest BCUT2D eigenvalue weighted by molar-refractivity contribution is 7.22. The maximum atomic E-state index is 13.1. The maximum Gasteiger partial charge on any atom is 0.264 e. The summed E-state index contributed by atoms with van der Waals surface area (Å²) in [6, 6.07) is 20.7. The van der Waals surface area contributed by atoms with Crippen molar-refractivity contribution < 1.29 is 18.7 Å². The van der Waals surface area contributed by atoms with Gasteiger partial charge in [-0.1, -0.05) is 35.6 Å². The van der Waals surface area contributed by atoms with Crippen molar-refractivity contribution in [2.45, 2.75) is 0 Å². The Labute approximate surface area is 164 Å². The Balaban J connectivity index is 1.40. The molecule has 0 radical (unpaired) electrons. The van der Waals surface area contributed by atoms with Crippen LogP contribution in [0.1, 0.15) is 0 Å². The van der Waals surface area contributed by atoms with Crippen molar-refractivity contribution in [1.82, 2.24) is 4.98 Å². The number of nitrogens with one attached hydrogen (secondary N) is 1. The van der Waals surface area contributed by atoms with Gasteiger partial charge >= 0.3 is 0 Å². The molecule has 0 spiro atoms. The molecule has 0 bridgehead atoms. The number of fused-ring (bicyclic) bond motifs is 1. The van der Waals surface area contributed by atoms with E-state index in [0.29, 0.717) is 16.6 Å². The minimum atomic E-state index is -0.419. The lowest BCUT2D eigenvalue weighted by Gasteiger charge is -2.05. The van der Waals surface area contributed by atoms with Gasteiger partial charge in [-0.05, 0) is 36.4 Å². The van der Waals surface area contributed by atoms with Crippen molar-refractivity contribution in [2.24, 2.45) is 0 Å². The highest BCUT2D eigenvalue weighted by Gasteiger charge is 2.10. The molecule has 0 aliphatic heterocycles. The topological polar surface area (TPSA) is 60.5 Å². The van der Waals surface area contributed by atoms with Gasteiger partial charge in [-0.2, -0.15) is 0 Å². The number of halogens is 1. The predicted octanol–water partition coefficient (Wildman–Crippen LogP) is 5.25. The van der Waals surface area contributed by atoms with Gasteiger partial charge < -0.3 is 9.47 Å². The second-order valence-corrected chi connectivity index (χ2v) is 6.89. The first kappa shape index (κ1) is 17.9. The predicted molar refractivity (Wildman–Crippen MR) is 107 cm³/mol. The molecule has 7 heteroatoms. The Morgan fingerprint density at radius 2 is 1.79 bits per heavy atom. The summed E-state index contributed by atoms with van der Waals surface area (Å²) in [5.41, 5.74) is 0.756. The number of carbonyl (C=O) groups is 1. The van der Waals surface area contributed by atoms with Gasteiger partial charge in [0.1, 0.15) is 23.1 Å². The van der Waals surface area contributed by atoms with E-state index in [1.807, 2.05) is 48.5 Å². The molecule has 1 amide bonds. The van der Waals surface area contributed by atoms with E-state index in [1.54, 1.807) is 6.07 Å². The van der Waals surface area contributed by atoms with E-state index in [9.17, 15) is 9.18 Å². The fourth-order valence-corrected chi connectivity index (χ4v) is 3.42. The molecule has 5 nitrogen and oxygen atoms in total. The number of ether oxygens (including phenoxy) is 2. The monoisotopic (exact) mass is 394 g/mol. The smallest absolute Gasteiger partial charge is 0.264 e. The number of nitrogens with zero attached hydrogens (tertiary/aromatic N) is 1. The molecule has 0 atom stereocenters. The van der Waals surface area contributed by atoms with Crippen LogP contribution in [0.15, 0.2) is 72.8 Å². The van der Waals surface area contributed by atoms with Crippen molar-refractivity contribution in [3.05, 3.63) is 78.6 Å². The number of amides is 1. The zero-order valence-corrected chi connectivity index (χ0v) is 15.4. The quantitative estimate of drug-likeness (QED) is 0.486. The molecule has 140 valence electrons. The Morgan fingerprint density at radius 3 is 2.61 bits per heavy atom. The van der Waals surface area contributed by atoms with Crippen LogP contribution in [0.4, 0.5) is 9.52 Å². The van der Waals surface area contributed by atoms with Gasteiger partial charge in [-0.15, -0.1) is 0 Å². The van der Waals surface area contributed by atoms with Crippen molar-refractivity contribution in [3.63, 3.8) is 0 Å². The van der Waals surface area contributed by atoms with E-state index in [-0.39, 0.29) is 12.5 Å². The van der Waals surface area contributed by atoms with E-state index in [4.69, 9.17) is 9.47 Å². The molecule has 0 fully saturated rings. The summed E-state index contributed by atoms with van der Waals surface area (Å²) >= 11 is 1.34. The van der Waals surface area contributed by atoms with Crippen LogP contribution in [-0.4, -0.2) is 17.5 Å². The summed E-state index contributed by atoms with van der Waals surface area (Å²) in [4.78, 5) is 16.5. The molecule has 3 aromatic carbocycles. The fourth-order valence-electron chi connectivity index (χ4n) is 2.51. The van der Waals surface area contributed by atoms with E-state index in [2.05, 4.69) is 10.3 Å². The molecule has 0 aliphatic rings. The average molecular weight is 394 g/mol. The minimum absolute atomic E-state index is 0.234. The number of thiazole rings is 1. The molecule has 4 rings (SSSR count). The third-order valence-corrected chi connectivity index (χ3v) is 4.68. The van der Waals surface area contributed by atoms with Gasteiger partial charge in [0.25, 0.3) is 5.91 Å². The largest absolute Gasteiger partial charge is 0.484 e. The maximum absolute atomic E-state index is 13.1. The molecular weight excluding hydrogens is 379 g/mol. The first-order valence-electron chi connectivity index (χ1n) is 8.47. The summed E-state index contributed by atoms with van der Waals surface area (Å²) in [5, 5.41) is 3.15. The average Bonchev–Trinajstić information content (AvgIpc) is 3.09. The molecule has 1 aromatic heterocycles. The highest BCUT2D eigenvalue weighted by Crippen LogP contribution is 2.31. The van der Waals surface area contributed by atoms with Gasteiger partial charge in [0.15, 0.2) is 11.7 Å². The number of para-hydroxylation sites is 1. The standard InChI is InChI=1S/C21H15FN2O3S/c22-14-5-4-8-16(11-14)26-13-20(25)24-21-23-18-10-9-17(12-19(18)28-21)27-15-6-2-1-3-7-15/h1-12H,13H2,(H,23,24,25). The van der Waals surface area contributed by atoms with Crippen LogP contribution in [0.5, 0.6) is 17.2 Å². The minimum Gasteiger partial charge on any atom is -0.484 e. The van der Waals surface area contributed by atoms with Crippen LogP contribution in [0, 0.1) is 5.82 Å². The zero-order valence-electron chi connectivity index (χ0n) is 14.6. The molecule has 0 aliphatic carbocycles. The van der Waals surface area contributed by atoms with Crippen LogP contribution < -0.4 is 14.8 Å². The van der Waals surface area contributed by atoms with Gasteiger partial charge in [0.2, 0.25) is 0 Å². The molecule has 28 heavy (non-hydrogen) atoms. The first-order valence-corrected chi connectivity index (χ1v) is 9.29. The fraction of sp³-hybridized carbons (Fsp3) is 0.0476. The SMILES string of the molecule is O=C(COc1cccc(F)c1)Nc1nc2ccc(Oc3ccccc3)cc2s1.